The Bertz CT molecular complexity index is 192. The van der Waals surface area contributed by atoms with Gasteiger partial charge in [-0.05, 0) is 0 Å². The largest absolute Gasteiger partial charge is 0.424 e. The average molecular weight is 287 g/mol. The highest BCUT2D eigenvalue weighted by Gasteiger charge is 2.32. The Morgan fingerprint density at radius 2 is 0.706 bits per heavy atom. The predicted molar refractivity (Wildman–Crippen MR) is 89.4 cm³/mol. The molecule has 0 aromatic carbocycles. The van der Waals surface area contributed by atoms with E-state index in [4.69, 9.17) is 0 Å². The third kappa shape index (κ3) is 3.80. The maximum absolute atomic E-state index is 2.68. The summed E-state index contributed by atoms with van der Waals surface area (Å²) in [4.78, 5) is 0. The van der Waals surface area contributed by atoms with Crippen LogP contribution < -0.4 is 0 Å². The van der Waals surface area contributed by atoms with Crippen molar-refractivity contribution in [3.63, 3.8) is 0 Å². The Hall–Kier alpha value is 0.651. The summed E-state index contributed by atoms with van der Waals surface area (Å²) < 4.78 is 0. The van der Waals surface area contributed by atoms with Crippen LogP contribution in [-0.2, 0) is 0 Å². The minimum atomic E-state index is -1.08. The molecule has 0 N–H and O–H groups in total. The van der Waals surface area contributed by atoms with E-state index in [-0.39, 0.29) is 0 Å². The highest BCUT2D eigenvalue weighted by molar-refractivity contribution is 7.54. The first-order chi connectivity index (χ1) is 7.48. The molecule has 0 heterocycles. The van der Waals surface area contributed by atoms with Gasteiger partial charge >= 0.3 is 0 Å². The van der Waals surface area contributed by atoms with Crippen molar-refractivity contribution in [3.8, 4) is 0 Å². The van der Waals surface area contributed by atoms with Gasteiger partial charge in [0.1, 0.15) is 0 Å². The molecule has 0 atom stereocenters. The summed E-state index contributed by atoms with van der Waals surface area (Å²) in [5, 5.41) is 0. The summed E-state index contributed by atoms with van der Waals surface area (Å²) >= 11 is 0. The van der Waals surface area contributed by atoms with Gasteiger partial charge in [-0.1, -0.05) is 90.6 Å². The lowest BCUT2D eigenvalue weighted by atomic mass is 10.5. The molecule has 0 spiro atoms. The van der Waals surface area contributed by atoms with Crippen molar-refractivity contribution in [1.29, 1.82) is 0 Å². The van der Waals surface area contributed by atoms with Crippen molar-refractivity contribution in [2.24, 2.45) is 0 Å². The van der Waals surface area contributed by atoms with Crippen LogP contribution in [0, 0.1) is 0 Å². The van der Waals surface area contributed by atoms with Crippen molar-refractivity contribution in [3.05, 3.63) is 0 Å². The van der Waals surface area contributed by atoms with E-state index in [1.807, 2.05) is 0 Å². The van der Waals surface area contributed by atoms with E-state index in [2.05, 4.69) is 68.5 Å². The highest BCUT2D eigenvalue weighted by atomic mass is 29.6. The lowest BCUT2D eigenvalue weighted by Gasteiger charge is -2.60. The molecule has 3 heteroatoms. The molecular weight excluding hydrogens is 252 g/mol. The zero-order valence-corrected chi connectivity index (χ0v) is 16.8. The van der Waals surface area contributed by atoms with Gasteiger partial charge in [-0.3, -0.25) is 0 Å². The fourth-order valence-electron chi connectivity index (χ4n) is 2.49. The molecule has 1 radical (unpaired) electrons. The lowest BCUT2D eigenvalue weighted by molar-refractivity contribution is 0.917. The molecule has 0 amide bonds. The van der Waals surface area contributed by atoms with E-state index in [9.17, 15) is 0 Å². The molecule has 0 unspecified atom stereocenters. The smallest absolute Gasteiger partial charge is 0.0679 e. The molecule has 0 aliphatic heterocycles. The molecule has 0 bridgehead atoms. The highest BCUT2D eigenvalue weighted by Crippen LogP contribution is 2.39. The maximum Gasteiger partial charge on any atom is -0.0679 e. The van der Waals surface area contributed by atoms with E-state index in [1.165, 1.54) is 8.55 Å². The molecule has 103 valence electrons. The third-order valence-electron chi connectivity index (χ3n) is 5.34. The van der Waals surface area contributed by atoms with Crippen LogP contribution in [0.2, 0.25) is 35.3 Å². The van der Waals surface area contributed by atoms with Crippen molar-refractivity contribution < 1.29 is 0 Å². The van der Waals surface area contributed by atoms with Crippen LogP contribution in [0.5, 0.6) is 0 Å². The molecule has 0 saturated carbocycles. The van der Waals surface area contributed by atoms with Gasteiger partial charge in [0.25, 0.3) is 0 Å². The Morgan fingerprint density at radius 1 is 0.529 bits per heavy atom. The van der Waals surface area contributed by atoms with Crippen LogP contribution >= 0.6 is 0 Å². The number of rotatable bonds is 6. The van der Waals surface area contributed by atoms with Gasteiger partial charge in [-0.25, -0.2) is 0 Å². The Balaban J connectivity index is 5.22. The second-order valence-corrected chi connectivity index (χ2v) is 26.8. The molecule has 0 nitrogen and oxygen atoms in total. The summed E-state index contributed by atoms with van der Waals surface area (Å²) in [6, 6.07) is 0. The molecule has 17 heavy (non-hydrogen) atoms. The van der Waals surface area contributed by atoms with Gasteiger partial charge in [-0.15, -0.1) is 15.2 Å². The average Bonchev–Trinajstić information content (AvgIpc) is 2.15. The monoisotopic (exact) mass is 286 g/mol. The van der Waals surface area contributed by atoms with Crippen LogP contribution in [0.1, 0.15) is 55.4 Å². The van der Waals surface area contributed by atoms with Crippen LogP contribution in [0.15, 0.2) is 0 Å². The van der Waals surface area contributed by atoms with Gasteiger partial charge in [0.2, 0.25) is 0 Å². The van der Waals surface area contributed by atoms with Crippen molar-refractivity contribution in [2.75, 3.05) is 0 Å². The van der Waals surface area contributed by atoms with Gasteiger partial charge < -0.3 is 8.55 Å². The molecule has 0 rings (SSSR count). The second kappa shape index (κ2) is 6.20. The maximum atomic E-state index is 2.68. The van der Waals surface area contributed by atoms with Crippen molar-refractivity contribution >= 4 is 23.7 Å². The summed E-state index contributed by atoms with van der Waals surface area (Å²) in [7, 11) is -0.832. The Kier molecular flexibility index (Phi) is 6.44. The first-order valence-electron chi connectivity index (χ1n) is 7.27. The topological polar surface area (TPSA) is 0 Å². The molecular formula is C14H34Si3-. The molecule has 0 aromatic heterocycles. The van der Waals surface area contributed by atoms with Crippen LogP contribution in [-0.4, -0.2) is 23.7 Å². The van der Waals surface area contributed by atoms with Crippen LogP contribution in [0.4, 0.5) is 0 Å². The predicted octanol–water partition coefficient (Wildman–Crippen LogP) is 5.48. The van der Waals surface area contributed by atoms with Gasteiger partial charge in [-0.2, -0.15) is 0 Å². The molecule has 0 fully saturated rings. The van der Waals surface area contributed by atoms with E-state index in [1.54, 1.807) is 0 Å². The van der Waals surface area contributed by atoms with E-state index in [0.29, 0.717) is 0 Å². The number of hydrogen-bond acceptors (Lipinski definition) is 0. The van der Waals surface area contributed by atoms with Gasteiger partial charge in [0.15, 0.2) is 0 Å². The Labute approximate surface area is 114 Å². The van der Waals surface area contributed by atoms with Crippen LogP contribution in [0.3, 0.4) is 0 Å². The lowest BCUT2D eigenvalue weighted by Crippen LogP contribution is -2.60. The Morgan fingerprint density at radius 3 is 0.824 bits per heavy atom. The molecule has 0 aliphatic carbocycles. The standard InChI is InChI=1S/C14H34Si3/c1-11(2)16(9,12(3)4)15-17(10,13(5)6)14(7)8/h11-14H,1-10H3/q-1. The zero-order chi connectivity index (χ0) is 14.0. The van der Waals surface area contributed by atoms with E-state index >= 15 is 0 Å². The van der Waals surface area contributed by atoms with Crippen molar-refractivity contribution in [2.45, 2.75) is 90.6 Å². The van der Waals surface area contributed by atoms with E-state index < -0.39 is 15.2 Å². The first-order valence-corrected chi connectivity index (χ1v) is 15.6. The fraction of sp³-hybridized carbons (Fsp3) is 1.00. The molecule has 0 aliphatic rings. The summed E-state index contributed by atoms with van der Waals surface area (Å²) in [6.07, 6.45) is 0. The van der Waals surface area contributed by atoms with Crippen molar-refractivity contribution in [1.82, 2.24) is 0 Å². The SMILES string of the molecule is CC(C)[Si](C)([Si-][Si](C)(C(C)C)C(C)C)C(C)C. The van der Waals surface area contributed by atoms with Gasteiger partial charge in [0.05, 0.1) is 0 Å². The molecule has 0 aromatic rings. The third-order valence-corrected chi connectivity index (χ3v) is 35.9. The van der Waals surface area contributed by atoms with E-state index in [0.717, 1.165) is 22.2 Å². The fourth-order valence-corrected chi connectivity index (χ4v) is 35.3. The quantitative estimate of drug-likeness (QED) is 0.567. The number of hydrogen-bond donors (Lipinski definition) is 0. The summed E-state index contributed by atoms with van der Waals surface area (Å²) in [5.74, 6) is 0. The minimum Gasteiger partial charge on any atom is -0.424 e. The second-order valence-electron chi connectivity index (χ2n) is 7.31. The van der Waals surface area contributed by atoms with Crippen LogP contribution in [0.25, 0.3) is 0 Å². The summed E-state index contributed by atoms with van der Waals surface area (Å²) in [5.41, 5.74) is 3.74. The minimum absolute atomic E-state index is 0.935. The zero-order valence-electron chi connectivity index (χ0n) is 13.8. The van der Waals surface area contributed by atoms with Gasteiger partial charge in [0, 0.05) is 0 Å². The molecule has 0 saturated heterocycles. The first kappa shape index (κ1) is 17.7. The summed E-state index contributed by atoms with van der Waals surface area (Å²) in [6.45, 7) is 25.2. The normalized spacial score (nSPS) is 14.5.